The van der Waals surface area contributed by atoms with Crippen molar-refractivity contribution >= 4 is 45.7 Å². The molecule has 2 fully saturated rings. The maximum atomic E-state index is 14.6. The van der Waals surface area contributed by atoms with Crippen LogP contribution in [-0.4, -0.2) is 65.3 Å². The minimum atomic E-state index is -4.97. The topological polar surface area (TPSA) is 58.6 Å². The monoisotopic (exact) mass is 452 g/mol. The molecular weight excluding hydrogens is 439 g/mol. The predicted molar refractivity (Wildman–Crippen MR) is 97.8 cm³/mol. The van der Waals surface area contributed by atoms with Crippen LogP contribution in [0.15, 0.2) is 6.20 Å². The van der Waals surface area contributed by atoms with Crippen molar-refractivity contribution in [2.24, 2.45) is 0 Å². The first-order chi connectivity index (χ1) is 13.6. The number of alkyl halides is 3. The molecule has 0 aromatic carbocycles. The number of morpholine rings is 1. The zero-order valence-corrected chi connectivity index (χ0v) is 16.4. The van der Waals surface area contributed by atoms with Crippen LogP contribution in [0.5, 0.6) is 0 Å². The third-order valence-electron chi connectivity index (χ3n) is 5.15. The Bertz CT molecular complexity index is 982. The molecule has 0 N–H and O–H groups in total. The Morgan fingerprint density at radius 3 is 2.41 bits per heavy atom. The van der Waals surface area contributed by atoms with Crippen LogP contribution in [0.2, 0.25) is 10.3 Å². The number of halogens is 6. The number of pyridine rings is 2. The number of aryl methyl sites for hydroxylation is 1. The summed E-state index contributed by atoms with van der Waals surface area (Å²) < 4.78 is 59.0. The van der Waals surface area contributed by atoms with Crippen LogP contribution in [0.3, 0.4) is 0 Å². The zero-order chi connectivity index (χ0) is 21.1. The lowest BCUT2D eigenvalue weighted by atomic mass is 10.0. The summed E-state index contributed by atoms with van der Waals surface area (Å²) >= 11 is 12.0. The van der Waals surface area contributed by atoms with Crippen molar-refractivity contribution in [2.75, 3.05) is 31.2 Å². The molecule has 0 aliphatic carbocycles. The van der Waals surface area contributed by atoms with E-state index < -0.39 is 30.0 Å². The van der Waals surface area contributed by atoms with Gasteiger partial charge in [0.2, 0.25) is 0 Å². The molecule has 0 radical (unpaired) electrons. The number of fused-ring (bicyclic) bond motifs is 3. The van der Waals surface area contributed by atoms with E-state index in [1.54, 1.807) is 11.8 Å². The first-order valence-corrected chi connectivity index (χ1v) is 9.37. The molecule has 2 aromatic rings. The van der Waals surface area contributed by atoms with Crippen molar-refractivity contribution in [1.29, 1.82) is 0 Å². The van der Waals surface area contributed by atoms with Gasteiger partial charge in [-0.05, 0) is 12.5 Å². The molecule has 4 heterocycles. The minimum absolute atomic E-state index is 0.0179. The number of rotatable bonds is 1. The Hall–Kier alpha value is -1.91. The van der Waals surface area contributed by atoms with E-state index in [9.17, 15) is 22.4 Å². The van der Waals surface area contributed by atoms with Crippen molar-refractivity contribution in [3.63, 3.8) is 0 Å². The third kappa shape index (κ3) is 3.36. The van der Waals surface area contributed by atoms with Crippen LogP contribution in [0.4, 0.5) is 23.4 Å². The Labute approximate surface area is 172 Å². The summed E-state index contributed by atoms with van der Waals surface area (Å²) in [6.45, 7) is 1.52. The molecule has 2 unspecified atom stereocenters. The van der Waals surface area contributed by atoms with Gasteiger partial charge in [-0.15, -0.1) is 0 Å². The first kappa shape index (κ1) is 20.4. The minimum Gasteiger partial charge on any atom is -0.377 e. The molecule has 6 nitrogen and oxygen atoms in total. The summed E-state index contributed by atoms with van der Waals surface area (Å²) in [6.07, 6.45) is -3.62. The number of carbonyl (C=O) groups excluding carboxylic acids is 1. The quantitative estimate of drug-likeness (QED) is 0.490. The van der Waals surface area contributed by atoms with Gasteiger partial charge >= 0.3 is 12.1 Å². The zero-order valence-electron chi connectivity index (χ0n) is 14.9. The van der Waals surface area contributed by atoms with Gasteiger partial charge in [0, 0.05) is 30.1 Å². The van der Waals surface area contributed by atoms with Gasteiger partial charge in [0.1, 0.15) is 11.0 Å². The SMILES string of the molecule is Cc1c(Cl)nc(N2CC3COCC(C2)N3C(=O)C(F)(F)F)c2cnc(Cl)c(F)c12. The number of amides is 1. The molecule has 2 aliphatic rings. The Morgan fingerprint density at radius 1 is 1.21 bits per heavy atom. The first-order valence-electron chi connectivity index (χ1n) is 8.61. The highest BCUT2D eigenvalue weighted by Crippen LogP contribution is 2.37. The molecular formula is C17H14Cl2F4N4O2. The average Bonchev–Trinajstić information content (AvgIpc) is 2.64. The molecule has 29 heavy (non-hydrogen) atoms. The molecule has 2 aromatic heterocycles. The molecule has 0 saturated carbocycles. The van der Waals surface area contributed by atoms with Gasteiger partial charge < -0.3 is 14.5 Å². The lowest BCUT2D eigenvalue weighted by Crippen LogP contribution is -2.68. The average molecular weight is 453 g/mol. The standard InChI is InChI=1S/C17H14Cl2F4N4O2/c1-7-11-10(2-24-14(19)12(11)20)15(25-13(7)18)26-3-8-5-29-6-9(4-26)27(8)16(28)17(21,22)23/h2,8-9H,3-6H2,1H3. The summed E-state index contributed by atoms with van der Waals surface area (Å²) in [5.41, 5.74) is 0.377. The van der Waals surface area contributed by atoms with Crippen molar-refractivity contribution in [2.45, 2.75) is 25.2 Å². The molecule has 4 rings (SSSR count). The third-order valence-corrected chi connectivity index (χ3v) is 5.78. The molecule has 2 aliphatic heterocycles. The van der Waals surface area contributed by atoms with E-state index >= 15 is 0 Å². The Kier molecular flexibility index (Phi) is 4.99. The van der Waals surface area contributed by atoms with Gasteiger partial charge in [0.25, 0.3) is 0 Å². The summed E-state index contributed by atoms with van der Waals surface area (Å²) in [5, 5.41) is 0.210. The van der Waals surface area contributed by atoms with Crippen LogP contribution in [0, 0.1) is 12.7 Å². The molecule has 12 heteroatoms. The number of carbonyl (C=O) groups is 1. The van der Waals surface area contributed by atoms with Crippen molar-refractivity contribution < 1.29 is 27.1 Å². The highest BCUT2D eigenvalue weighted by Gasteiger charge is 2.51. The van der Waals surface area contributed by atoms with Crippen LogP contribution in [-0.2, 0) is 9.53 Å². The van der Waals surface area contributed by atoms with Crippen molar-refractivity contribution in [3.05, 3.63) is 27.9 Å². The van der Waals surface area contributed by atoms with Crippen molar-refractivity contribution in [3.8, 4) is 0 Å². The number of hydrogen-bond donors (Lipinski definition) is 0. The smallest absolute Gasteiger partial charge is 0.377 e. The van der Waals surface area contributed by atoms with E-state index in [0.717, 1.165) is 4.90 Å². The fourth-order valence-electron chi connectivity index (χ4n) is 3.90. The van der Waals surface area contributed by atoms with Gasteiger partial charge in [-0.1, -0.05) is 23.2 Å². The number of piperazine rings is 1. The second kappa shape index (κ2) is 7.10. The Balaban J connectivity index is 1.77. The van der Waals surface area contributed by atoms with E-state index in [1.807, 2.05) is 0 Å². The largest absolute Gasteiger partial charge is 0.471 e. The Morgan fingerprint density at radius 2 is 1.83 bits per heavy atom. The summed E-state index contributed by atoms with van der Waals surface area (Å²) in [5.74, 6) is -2.37. The normalized spacial score (nSPS) is 22.3. The van der Waals surface area contributed by atoms with Crippen LogP contribution in [0.25, 0.3) is 10.8 Å². The lowest BCUT2D eigenvalue weighted by molar-refractivity contribution is -0.198. The molecule has 2 atom stereocenters. The highest BCUT2D eigenvalue weighted by molar-refractivity contribution is 6.32. The number of hydrogen-bond acceptors (Lipinski definition) is 5. The maximum Gasteiger partial charge on any atom is 0.471 e. The van der Waals surface area contributed by atoms with E-state index in [0.29, 0.717) is 10.9 Å². The predicted octanol–water partition coefficient (Wildman–Crippen LogP) is 3.36. The van der Waals surface area contributed by atoms with E-state index in [2.05, 4.69) is 9.97 Å². The van der Waals surface area contributed by atoms with E-state index in [1.165, 1.54) is 6.20 Å². The fourth-order valence-corrected chi connectivity index (χ4v) is 4.21. The van der Waals surface area contributed by atoms with Crippen LogP contribution >= 0.6 is 23.2 Å². The maximum absolute atomic E-state index is 14.6. The molecule has 1 amide bonds. The highest BCUT2D eigenvalue weighted by atomic mass is 35.5. The van der Waals surface area contributed by atoms with Gasteiger partial charge in [-0.25, -0.2) is 14.4 Å². The van der Waals surface area contributed by atoms with Crippen LogP contribution < -0.4 is 4.90 Å². The second-order valence-corrected chi connectivity index (χ2v) is 7.68. The second-order valence-electron chi connectivity index (χ2n) is 6.96. The fraction of sp³-hybridized carbons (Fsp3) is 0.471. The van der Waals surface area contributed by atoms with E-state index in [-0.39, 0.29) is 47.8 Å². The molecule has 2 bridgehead atoms. The number of nitrogens with zero attached hydrogens (tertiary/aromatic N) is 4. The molecule has 156 valence electrons. The van der Waals surface area contributed by atoms with Gasteiger partial charge in [0.15, 0.2) is 11.0 Å². The van der Waals surface area contributed by atoms with Crippen molar-refractivity contribution in [1.82, 2.24) is 14.9 Å². The number of ether oxygens (including phenoxy) is 1. The summed E-state index contributed by atoms with van der Waals surface area (Å²) in [6, 6.07) is -1.67. The van der Waals surface area contributed by atoms with Crippen LogP contribution in [0.1, 0.15) is 5.56 Å². The van der Waals surface area contributed by atoms with Gasteiger partial charge in [-0.3, -0.25) is 4.79 Å². The van der Waals surface area contributed by atoms with Gasteiger partial charge in [0.05, 0.1) is 25.3 Å². The number of anilines is 1. The number of aromatic nitrogens is 2. The molecule has 0 spiro atoms. The summed E-state index contributed by atoms with van der Waals surface area (Å²) in [4.78, 5) is 22.5. The lowest BCUT2D eigenvalue weighted by Gasteiger charge is -2.50. The molecule has 2 saturated heterocycles. The summed E-state index contributed by atoms with van der Waals surface area (Å²) in [7, 11) is 0. The van der Waals surface area contributed by atoms with Gasteiger partial charge in [-0.2, -0.15) is 13.2 Å². The van der Waals surface area contributed by atoms with E-state index in [4.69, 9.17) is 27.9 Å².